The predicted octanol–water partition coefficient (Wildman–Crippen LogP) is 2.43. The van der Waals surface area contributed by atoms with E-state index >= 15 is 0 Å². The van der Waals surface area contributed by atoms with E-state index in [9.17, 15) is 9.59 Å². The summed E-state index contributed by atoms with van der Waals surface area (Å²) in [4.78, 5) is 26.5. The normalized spacial score (nSPS) is 15.9. The third kappa shape index (κ3) is 3.50. The highest BCUT2D eigenvalue weighted by Crippen LogP contribution is 2.22. The fourth-order valence-corrected chi connectivity index (χ4v) is 2.55. The molecule has 2 amide bonds. The van der Waals surface area contributed by atoms with Crippen molar-refractivity contribution in [3.63, 3.8) is 0 Å². The zero-order chi connectivity index (χ0) is 14.5. The van der Waals surface area contributed by atoms with Crippen molar-refractivity contribution >= 4 is 17.7 Å². The van der Waals surface area contributed by atoms with E-state index in [1.54, 1.807) is 16.8 Å². The Morgan fingerprint density at radius 1 is 1.25 bits per heavy atom. The molecule has 108 valence electrons. The third-order valence-electron chi connectivity index (χ3n) is 3.78. The van der Waals surface area contributed by atoms with Crippen LogP contribution in [0.5, 0.6) is 0 Å². The summed E-state index contributed by atoms with van der Waals surface area (Å²) in [6, 6.07) is 9.49. The molecule has 0 bridgehead atoms. The molecule has 1 aliphatic heterocycles. The summed E-state index contributed by atoms with van der Waals surface area (Å²) in [5.74, 6) is -0.560. The monoisotopic (exact) mass is 276 g/mol. The lowest BCUT2D eigenvalue weighted by Gasteiger charge is -2.34. The molecule has 20 heavy (non-hydrogen) atoms. The number of benzene rings is 1. The van der Waals surface area contributed by atoms with E-state index in [1.165, 1.54) is 0 Å². The van der Waals surface area contributed by atoms with Crippen molar-refractivity contribution in [2.45, 2.75) is 19.3 Å². The SMILES string of the molecule is CN(C(=O)N1CCC(CC(=O)O)CC1)c1ccccc1. The number of piperidine rings is 1. The second-order valence-electron chi connectivity index (χ2n) is 5.21. The molecular formula is C15H20N2O3. The molecule has 1 aromatic carbocycles. The molecule has 0 spiro atoms. The number of anilines is 1. The average molecular weight is 276 g/mol. The Bertz CT molecular complexity index is 467. The number of carboxylic acid groups (broad SMARTS) is 1. The minimum absolute atomic E-state index is 0.0232. The van der Waals surface area contributed by atoms with Gasteiger partial charge in [0, 0.05) is 32.2 Å². The number of rotatable bonds is 3. The number of urea groups is 1. The van der Waals surface area contributed by atoms with Crippen molar-refractivity contribution in [3.05, 3.63) is 30.3 Å². The summed E-state index contributed by atoms with van der Waals surface area (Å²) < 4.78 is 0. The van der Waals surface area contributed by atoms with Gasteiger partial charge in [0.1, 0.15) is 0 Å². The number of likely N-dealkylation sites (tertiary alicyclic amines) is 1. The maximum atomic E-state index is 12.4. The highest BCUT2D eigenvalue weighted by molar-refractivity contribution is 5.91. The van der Waals surface area contributed by atoms with Crippen LogP contribution in [0, 0.1) is 5.92 Å². The summed E-state index contributed by atoms with van der Waals surface area (Å²) in [6.45, 7) is 1.27. The van der Waals surface area contributed by atoms with Crippen molar-refractivity contribution in [1.29, 1.82) is 0 Å². The smallest absolute Gasteiger partial charge is 0.324 e. The first-order valence-corrected chi connectivity index (χ1v) is 6.87. The fourth-order valence-electron chi connectivity index (χ4n) is 2.55. The second-order valence-corrected chi connectivity index (χ2v) is 5.21. The standard InChI is InChI=1S/C15H20N2O3/c1-16(13-5-3-2-4-6-13)15(20)17-9-7-12(8-10-17)11-14(18)19/h2-6,12H,7-11H2,1H3,(H,18,19). The van der Waals surface area contributed by atoms with Crippen molar-refractivity contribution in [3.8, 4) is 0 Å². The summed E-state index contributed by atoms with van der Waals surface area (Å²) in [7, 11) is 1.76. The van der Waals surface area contributed by atoms with Crippen LogP contribution in [-0.2, 0) is 4.79 Å². The number of para-hydroxylation sites is 1. The van der Waals surface area contributed by atoms with Gasteiger partial charge in [-0.2, -0.15) is 0 Å². The van der Waals surface area contributed by atoms with E-state index in [0.717, 1.165) is 18.5 Å². The Morgan fingerprint density at radius 2 is 1.85 bits per heavy atom. The maximum Gasteiger partial charge on any atom is 0.324 e. The third-order valence-corrected chi connectivity index (χ3v) is 3.78. The van der Waals surface area contributed by atoms with Gasteiger partial charge in [-0.25, -0.2) is 4.79 Å². The van der Waals surface area contributed by atoms with Crippen LogP contribution in [0.15, 0.2) is 30.3 Å². The minimum atomic E-state index is -0.754. The number of hydrogen-bond acceptors (Lipinski definition) is 2. The number of carbonyl (C=O) groups excluding carboxylic acids is 1. The topological polar surface area (TPSA) is 60.9 Å². The molecule has 1 aromatic rings. The van der Waals surface area contributed by atoms with Crippen LogP contribution in [-0.4, -0.2) is 42.1 Å². The van der Waals surface area contributed by atoms with Gasteiger partial charge in [0.15, 0.2) is 0 Å². The van der Waals surface area contributed by atoms with Crippen molar-refractivity contribution in [2.24, 2.45) is 5.92 Å². The number of nitrogens with zero attached hydrogens (tertiary/aromatic N) is 2. The van der Waals surface area contributed by atoms with Gasteiger partial charge in [-0.05, 0) is 30.9 Å². The molecule has 2 rings (SSSR count). The highest BCUT2D eigenvalue weighted by Gasteiger charge is 2.26. The van der Waals surface area contributed by atoms with Crippen LogP contribution < -0.4 is 4.90 Å². The van der Waals surface area contributed by atoms with Gasteiger partial charge >= 0.3 is 12.0 Å². The van der Waals surface area contributed by atoms with E-state index in [-0.39, 0.29) is 18.4 Å². The number of carboxylic acids is 1. The number of carbonyl (C=O) groups is 2. The molecular weight excluding hydrogens is 256 g/mol. The van der Waals surface area contributed by atoms with Crippen LogP contribution in [0.25, 0.3) is 0 Å². The molecule has 0 unspecified atom stereocenters. The van der Waals surface area contributed by atoms with Crippen molar-refractivity contribution in [1.82, 2.24) is 4.90 Å². The molecule has 1 saturated heterocycles. The summed E-state index contributed by atoms with van der Waals surface area (Å²) >= 11 is 0. The van der Waals surface area contributed by atoms with Crippen LogP contribution in [0.4, 0.5) is 10.5 Å². The molecule has 0 saturated carbocycles. The van der Waals surface area contributed by atoms with E-state index in [1.807, 2.05) is 30.3 Å². The maximum absolute atomic E-state index is 12.4. The van der Waals surface area contributed by atoms with Gasteiger partial charge in [-0.1, -0.05) is 18.2 Å². The van der Waals surface area contributed by atoms with Crippen LogP contribution in [0.2, 0.25) is 0 Å². The number of amides is 2. The molecule has 1 aliphatic rings. The van der Waals surface area contributed by atoms with Crippen LogP contribution >= 0.6 is 0 Å². The van der Waals surface area contributed by atoms with E-state index in [2.05, 4.69) is 0 Å². The molecule has 1 fully saturated rings. The molecule has 1 heterocycles. The first-order chi connectivity index (χ1) is 9.58. The highest BCUT2D eigenvalue weighted by atomic mass is 16.4. The summed E-state index contributed by atoms with van der Waals surface area (Å²) in [6.07, 6.45) is 1.73. The van der Waals surface area contributed by atoms with E-state index in [4.69, 9.17) is 5.11 Å². The Kier molecular flexibility index (Phi) is 4.61. The van der Waals surface area contributed by atoms with E-state index in [0.29, 0.717) is 13.1 Å². The number of hydrogen-bond donors (Lipinski definition) is 1. The molecule has 0 radical (unpaired) electrons. The summed E-state index contributed by atoms with van der Waals surface area (Å²) in [5.41, 5.74) is 0.866. The largest absolute Gasteiger partial charge is 0.481 e. The van der Waals surface area contributed by atoms with Gasteiger partial charge < -0.3 is 10.0 Å². The predicted molar refractivity (Wildman–Crippen MR) is 76.8 cm³/mol. The van der Waals surface area contributed by atoms with Crippen molar-refractivity contribution < 1.29 is 14.7 Å². The molecule has 1 N–H and O–H groups in total. The van der Waals surface area contributed by atoms with Crippen molar-refractivity contribution in [2.75, 3.05) is 25.0 Å². The van der Waals surface area contributed by atoms with Gasteiger partial charge in [0.2, 0.25) is 0 Å². The second kappa shape index (κ2) is 6.41. The quantitative estimate of drug-likeness (QED) is 0.922. The minimum Gasteiger partial charge on any atom is -0.481 e. The molecule has 5 nitrogen and oxygen atoms in total. The lowest BCUT2D eigenvalue weighted by atomic mass is 9.94. The lowest BCUT2D eigenvalue weighted by Crippen LogP contribution is -2.45. The first kappa shape index (κ1) is 14.4. The van der Waals surface area contributed by atoms with Gasteiger partial charge in [-0.15, -0.1) is 0 Å². The Labute approximate surface area is 118 Å². The summed E-state index contributed by atoms with van der Waals surface area (Å²) in [5, 5.41) is 8.79. The molecule has 0 aliphatic carbocycles. The Balaban J connectivity index is 1.90. The van der Waals surface area contributed by atoms with Gasteiger partial charge in [-0.3, -0.25) is 9.69 Å². The first-order valence-electron chi connectivity index (χ1n) is 6.87. The Morgan fingerprint density at radius 3 is 2.40 bits per heavy atom. The zero-order valence-electron chi connectivity index (χ0n) is 11.7. The Hall–Kier alpha value is -2.04. The van der Waals surface area contributed by atoms with Gasteiger partial charge in [0.05, 0.1) is 0 Å². The van der Waals surface area contributed by atoms with E-state index < -0.39 is 5.97 Å². The molecule has 5 heteroatoms. The van der Waals surface area contributed by atoms with Crippen LogP contribution in [0.1, 0.15) is 19.3 Å². The zero-order valence-corrected chi connectivity index (χ0v) is 11.7. The number of aliphatic carboxylic acids is 1. The fraction of sp³-hybridized carbons (Fsp3) is 0.467. The lowest BCUT2D eigenvalue weighted by molar-refractivity contribution is -0.138. The average Bonchev–Trinajstić information content (AvgIpc) is 2.47. The molecule has 0 atom stereocenters. The van der Waals surface area contributed by atoms with Gasteiger partial charge in [0.25, 0.3) is 0 Å². The molecule has 0 aromatic heterocycles. The van der Waals surface area contributed by atoms with Crippen LogP contribution in [0.3, 0.4) is 0 Å².